The molecule has 0 bridgehead atoms. The quantitative estimate of drug-likeness (QED) is 0.784. The van der Waals surface area contributed by atoms with Crippen LogP contribution < -0.4 is 5.32 Å². The fourth-order valence-electron chi connectivity index (χ4n) is 3.83. The first-order valence-corrected chi connectivity index (χ1v) is 10.9. The van der Waals surface area contributed by atoms with E-state index in [2.05, 4.69) is 9.71 Å². The summed E-state index contributed by atoms with van der Waals surface area (Å²) < 4.78 is 28.6. The van der Waals surface area contributed by atoms with Crippen molar-refractivity contribution in [2.75, 3.05) is 18.4 Å². The normalized spacial score (nSPS) is 20.0. The van der Waals surface area contributed by atoms with E-state index in [9.17, 15) is 18.0 Å². The van der Waals surface area contributed by atoms with Crippen LogP contribution in [-0.2, 0) is 14.8 Å². The monoisotopic (exact) mass is 411 g/mol. The van der Waals surface area contributed by atoms with Gasteiger partial charge < -0.3 is 10.2 Å². The maximum Gasteiger partial charge on any atom is 0.285 e. The van der Waals surface area contributed by atoms with E-state index >= 15 is 0 Å². The molecule has 2 aromatic carbocycles. The Bertz CT molecular complexity index is 1120. The Morgan fingerprint density at radius 1 is 1.10 bits per heavy atom. The number of hydrogen-bond acceptors (Lipinski definition) is 5. The van der Waals surface area contributed by atoms with E-state index in [4.69, 9.17) is 0 Å². The van der Waals surface area contributed by atoms with E-state index in [-0.39, 0.29) is 22.5 Å². The highest BCUT2D eigenvalue weighted by molar-refractivity contribution is 7.90. The predicted octanol–water partition coefficient (Wildman–Crippen LogP) is 2.69. The van der Waals surface area contributed by atoms with E-state index in [0.29, 0.717) is 42.2 Å². The molecule has 7 nitrogen and oxygen atoms in total. The minimum Gasteiger partial charge on any atom is -0.355 e. The molecule has 0 saturated carbocycles. The molecule has 1 saturated heterocycles. The topological polar surface area (TPSA) is 95.9 Å². The molecular weight excluding hydrogens is 390 g/mol. The summed E-state index contributed by atoms with van der Waals surface area (Å²) in [4.78, 5) is 26.7. The number of nitrogens with one attached hydrogen (secondary N) is 1. The largest absolute Gasteiger partial charge is 0.355 e. The zero-order valence-electron chi connectivity index (χ0n) is 16.0. The van der Waals surface area contributed by atoms with Crippen LogP contribution in [0.3, 0.4) is 0 Å². The van der Waals surface area contributed by atoms with Gasteiger partial charge in [-0.2, -0.15) is 8.42 Å². The summed E-state index contributed by atoms with van der Waals surface area (Å²) in [6.07, 6.45) is 1.43. The number of amides is 1. The van der Waals surface area contributed by atoms with Crippen LogP contribution in [0.2, 0.25) is 0 Å². The number of likely N-dealkylation sites (tertiary alicyclic amines) is 1. The third kappa shape index (κ3) is 3.67. The van der Waals surface area contributed by atoms with Gasteiger partial charge in [0.05, 0.1) is 11.6 Å². The molecule has 2 aliphatic rings. The van der Waals surface area contributed by atoms with Gasteiger partial charge in [0.2, 0.25) is 5.91 Å². The van der Waals surface area contributed by atoms with Gasteiger partial charge in [-0.15, -0.1) is 4.40 Å². The summed E-state index contributed by atoms with van der Waals surface area (Å²) in [5, 5.41) is 2.86. The Hall–Kier alpha value is -3.00. The van der Waals surface area contributed by atoms with Crippen molar-refractivity contribution in [3.8, 4) is 0 Å². The number of carbonyl (C=O) groups is 2. The van der Waals surface area contributed by atoms with E-state index in [1.54, 1.807) is 48.5 Å². The van der Waals surface area contributed by atoms with Gasteiger partial charge in [-0.05, 0) is 44.0 Å². The Morgan fingerprint density at radius 2 is 1.83 bits per heavy atom. The van der Waals surface area contributed by atoms with Crippen molar-refractivity contribution in [3.05, 3.63) is 59.7 Å². The molecule has 1 unspecified atom stereocenters. The molecular formula is C21H21N3O4S. The lowest BCUT2D eigenvalue weighted by atomic mass is 9.96. The van der Waals surface area contributed by atoms with Gasteiger partial charge in [0.15, 0.2) is 11.6 Å². The number of sulfonamides is 1. The maximum atomic E-state index is 12.9. The number of piperidine rings is 1. The second kappa shape index (κ2) is 7.44. The fraction of sp³-hybridized carbons (Fsp3) is 0.286. The highest BCUT2D eigenvalue weighted by atomic mass is 32.2. The van der Waals surface area contributed by atoms with Gasteiger partial charge in [-0.3, -0.25) is 9.59 Å². The summed E-state index contributed by atoms with van der Waals surface area (Å²) in [5.74, 6) is -0.226. The molecule has 0 aromatic heterocycles. The number of para-hydroxylation sites is 1. The molecule has 0 spiro atoms. The Morgan fingerprint density at radius 3 is 2.62 bits per heavy atom. The van der Waals surface area contributed by atoms with E-state index < -0.39 is 10.0 Å². The van der Waals surface area contributed by atoms with Crippen LogP contribution in [0.5, 0.6) is 0 Å². The molecule has 2 aromatic rings. The minimum absolute atomic E-state index is 0.117. The SMILES string of the molecule is CC(=O)c1ccccc1NC(=O)C1CCCN(C2=NS(=O)(=O)c3ccccc32)C1. The molecule has 0 aliphatic carbocycles. The third-order valence-corrected chi connectivity index (χ3v) is 6.59. The van der Waals surface area contributed by atoms with Crippen molar-refractivity contribution in [3.63, 3.8) is 0 Å². The zero-order valence-corrected chi connectivity index (χ0v) is 16.8. The Balaban J connectivity index is 1.54. The Kier molecular flexibility index (Phi) is 4.96. The molecule has 4 rings (SSSR count). The highest BCUT2D eigenvalue weighted by Crippen LogP contribution is 2.30. The number of nitrogens with zero attached hydrogens (tertiary/aromatic N) is 2. The first kappa shape index (κ1) is 19.3. The van der Waals surface area contributed by atoms with Crippen molar-refractivity contribution in [2.24, 2.45) is 10.3 Å². The molecule has 150 valence electrons. The molecule has 1 amide bonds. The summed E-state index contributed by atoms with van der Waals surface area (Å²) in [6.45, 7) is 2.47. The van der Waals surface area contributed by atoms with Gasteiger partial charge in [-0.25, -0.2) is 0 Å². The van der Waals surface area contributed by atoms with Gasteiger partial charge in [0, 0.05) is 24.2 Å². The standard InChI is InChI=1S/C21H21N3O4S/c1-14(25)16-8-2-4-10-18(16)22-21(26)15-7-6-12-24(13-15)20-17-9-3-5-11-19(17)29(27,28)23-20/h2-5,8-11,15H,6-7,12-13H2,1H3,(H,22,26). The van der Waals surface area contributed by atoms with Gasteiger partial charge in [-0.1, -0.05) is 24.3 Å². The number of ketones is 1. The highest BCUT2D eigenvalue weighted by Gasteiger charge is 2.35. The number of fused-ring (bicyclic) bond motifs is 1. The number of benzene rings is 2. The van der Waals surface area contributed by atoms with Crippen LogP contribution in [0, 0.1) is 5.92 Å². The van der Waals surface area contributed by atoms with Gasteiger partial charge >= 0.3 is 0 Å². The third-order valence-electron chi connectivity index (χ3n) is 5.27. The van der Waals surface area contributed by atoms with Crippen molar-refractivity contribution >= 4 is 33.2 Å². The van der Waals surface area contributed by atoms with Crippen molar-refractivity contribution in [1.82, 2.24) is 4.90 Å². The summed E-state index contributed by atoms with van der Waals surface area (Å²) >= 11 is 0. The minimum atomic E-state index is -3.70. The number of rotatable bonds is 3. The fourth-order valence-corrected chi connectivity index (χ4v) is 5.06. The number of anilines is 1. The van der Waals surface area contributed by atoms with Crippen LogP contribution >= 0.6 is 0 Å². The zero-order chi connectivity index (χ0) is 20.6. The maximum absolute atomic E-state index is 12.9. The number of carbonyl (C=O) groups excluding carboxylic acids is 2. The van der Waals surface area contributed by atoms with Gasteiger partial charge in [0.1, 0.15) is 4.90 Å². The van der Waals surface area contributed by atoms with Crippen LogP contribution in [-0.4, -0.2) is 43.9 Å². The van der Waals surface area contributed by atoms with Crippen molar-refractivity contribution in [1.29, 1.82) is 0 Å². The van der Waals surface area contributed by atoms with Crippen molar-refractivity contribution < 1.29 is 18.0 Å². The van der Waals surface area contributed by atoms with Crippen LogP contribution in [0.4, 0.5) is 5.69 Å². The average molecular weight is 411 g/mol. The number of hydrogen-bond donors (Lipinski definition) is 1. The van der Waals surface area contributed by atoms with Crippen LogP contribution in [0.1, 0.15) is 35.7 Å². The molecule has 2 heterocycles. The first-order chi connectivity index (χ1) is 13.9. The van der Waals surface area contributed by atoms with E-state index in [1.165, 1.54) is 6.92 Å². The summed E-state index contributed by atoms with van der Waals surface area (Å²) in [5.41, 5.74) is 1.54. The van der Waals surface area contributed by atoms with E-state index in [1.807, 2.05) is 4.90 Å². The second-order valence-electron chi connectivity index (χ2n) is 7.26. The van der Waals surface area contributed by atoms with Crippen LogP contribution in [0.25, 0.3) is 0 Å². The lowest BCUT2D eigenvalue weighted by Crippen LogP contribution is -2.43. The second-order valence-corrected chi connectivity index (χ2v) is 8.83. The summed E-state index contributed by atoms with van der Waals surface area (Å²) in [6, 6.07) is 13.7. The molecule has 0 radical (unpaired) electrons. The lowest BCUT2D eigenvalue weighted by Gasteiger charge is -2.33. The molecule has 2 aliphatic heterocycles. The first-order valence-electron chi connectivity index (χ1n) is 9.47. The smallest absolute Gasteiger partial charge is 0.285 e. The van der Waals surface area contributed by atoms with Gasteiger partial charge in [0.25, 0.3) is 10.0 Å². The lowest BCUT2D eigenvalue weighted by molar-refractivity contribution is -0.121. The molecule has 29 heavy (non-hydrogen) atoms. The average Bonchev–Trinajstić information content (AvgIpc) is 3.00. The summed E-state index contributed by atoms with van der Waals surface area (Å²) in [7, 11) is -3.70. The number of Topliss-reactive ketones (excluding diaryl/α,β-unsaturated/α-hetero) is 1. The molecule has 1 atom stereocenters. The van der Waals surface area contributed by atoms with Crippen LogP contribution in [0.15, 0.2) is 57.8 Å². The Labute approximate surface area is 169 Å². The predicted molar refractivity (Wildman–Crippen MR) is 110 cm³/mol. The van der Waals surface area contributed by atoms with E-state index in [0.717, 1.165) is 6.42 Å². The number of amidine groups is 1. The molecule has 8 heteroatoms. The molecule has 1 fully saturated rings. The molecule has 1 N–H and O–H groups in total. The van der Waals surface area contributed by atoms with Crippen molar-refractivity contribution in [2.45, 2.75) is 24.7 Å².